The molecule has 1 aromatic carbocycles. The van der Waals surface area contributed by atoms with Gasteiger partial charge in [-0.05, 0) is 12.1 Å². The van der Waals surface area contributed by atoms with Crippen LogP contribution >= 0.6 is 0 Å². The summed E-state index contributed by atoms with van der Waals surface area (Å²) < 4.78 is 35.3. The van der Waals surface area contributed by atoms with Gasteiger partial charge < -0.3 is 9.45 Å². The van der Waals surface area contributed by atoms with E-state index < -0.39 is 21.9 Å². The molecule has 13 nitrogen and oxygen atoms in total. The summed E-state index contributed by atoms with van der Waals surface area (Å²) in [5, 5.41) is 24.8. The van der Waals surface area contributed by atoms with Crippen molar-refractivity contribution in [2.75, 3.05) is 25.1 Å². The summed E-state index contributed by atoms with van der Waals surface area (Å²) in [6.45, 7) is -0.492. The van der Waals surface area contributed by atoms with Crippen LogP contribution in [0, 0.1) is 10.1 Å². The second-order valence-electron chi connectivity index (χ2n) is 4.59. The number of hydrogen-bond acceptors (Lipinski definition) is 11. The lowest BCUT2D eigenvalue weighted by Gasteiger charge is -2.19. The van der Waals surface area contributed by atoms with Gasteiger partial charge in [-0.15, -0.1) is 10.2 Å². The molecule has 14 heteroatoms. The molecule has 1 aromatic heterocycles. The van der Waals surface area contributed by atoms with Crippen molar-refractivity contribution in [2.24, 2.45) is 10.2 Å². The van der Waals surface area contributed by atoms with E-state index in [9.17, 15) is 23.1 Å². The fourth-order valence-electron chi connectivity index (χ4n) is 1.79. The first-order valence-electron chi connectivity index (χ1n) is 6.63. The summed E-state index contributed by atoms with van der Waals surface area (Å²) in [5.74, 6) is 0.139. The predicted molar refractivity (Wildman–Crippen MR) is 82.6 cm³/mol. The Kier molecular flexibility index (Phi) is 5.68. The van der Waals surface area contributed by atoms with Crippen molar-refractivity contribution in [1.82, 2.24) is 15.2 Å². The van der Waals surface area contributed by atoms with Crippen LogP contribution in [0.5, 0.6) is 0 Å². The van der Waals surface area contributed by atoms with Crippen LogP contribution < -0.4 is 4.90 Å². The Labute approximate surface area is 141 Å². The predicted octanol–water partition coefficient (Wildman–Crippen LogP) is 1.04. The van der Waals surface area contributed by atoms with Crippen molar-refractivity contribution in [3.05, 3.63) is 34.6 Å². The monoisotopic (exact) mass is 370 g/mol. The van der Waals surface area contributed by atoms with Gasteiger partial charge in [-0.2, -0.15) is 10.1 Å². The third kappa shape index (κ3) is 5.55. The highest BCUT2D eigenvalue weighted by Gasteiger charge is 2.18. The first-order valence-corrected chi connectivity index (χ1v) is 7.96. The van der Waals surface area contributed by atoms with Crippen molar-refractivity contribution in [3.63, 3.8) is 0 Å². The number of H-pyrrole nitrogens is 1. The van der Waals surface area contributed by atoms with Crippen LogP contribution in [-0.4, -0.2) is 53.3 Å². The fourth-order valence-corrected chi connectivity index (χ4v) is 2.07. The number of hydrogen-bond donors (Lipinski definition) is 1. The lowest BCUT2D eigenvalue weighted by Crippen LogP contribution is -2.24. The number of benzene rings is 1. The van der Waals surface area contributed by atoms with Gasteiger partial charge in [0.15, 0.2) is 0 Å². The third-order valence-corrected chi connectivity index (χ3v) is 3.34. The topological polar surface area (TPSA) is 179 Å². The summed E-state index contributed by atoms with van der Waals surface area (Å²) >= 11 is 0. The fraction of sp³-hybridized carbons (Fsp3) is 0.273. The molecular formula is C11H12N7O6S-. The van der Waals surface area contributed by atoms with Gasteiger partial charge in [0.1, 0.15) is 12.0 Å². The van der Waals surface area contributed by atoms with Gasteiger partial charge in [0.25, 0.3) is 11.6 Å². The first-order chi connectivity index (χ1) is 11.8. The van der Waals surface area contributed by atoms with Crippen LogP contribution in [0.4, 0.5) is 23.0 Å². The number of nitro benzene ring substituents is 1. The summed E-state index contributed by atoms with van der Waals surface area (Å²) in [6, 6.07) is 4.08. The summed E-state index contributed by atoms with van der Waals surface area (Å²) in [7, 11) is -3.33. The van der Waals surface area contributed by atoms with E-state index >= 15 is 0 Å². The standard InChI is InChI=1S/C11H13N7O6S/c1-17(4-5-24-25(21,22)23)9-3-2-8(6-10(9)18(19)20)14-16-11-12-7-13-15-11/h2-3,6-7H,4-5H2,1H3,(H,12,13,15)(H,21,22,23)/p-1. The maximum absolute atomic E-state index is 11.2. The van der Waals surface area contributed by atoms with Gasteiger partial charge >= 0.3 is 0 Å². The maximum atomic E-state index is 11.2. The second kappa shape index (κ2) is 7.73. The summed E-state index contributed by atoms with van der Waals surface area (Å²) in [5.41, 5.74) is 0.121. The molecule has 0 amide bonds. The Morgan fingerprint density at radius 2 is 2.16 bits per heavy atom. The zero-order chi connectivity index (χ0) is 18.4. The molecule has 0 aliphatic rings. The van der Waals surface area contributed by atoms with E-state index in [0.29, 0.717) is 0 Å². The van der Waals surface area contributed by atoms with Gasteiger partial charge in [-0.1, -0.05) is 0 Å². The number of aromatic amines is 1. The van der Waals surface area contributed by atoms with Crippen LogP contribution in [0.1, 0.15) is 0 Å². The number of rotatable bonds is 8. The van der Waals surface area contributed by atoms with Crippen LogP contribution in [0.2, 0.25) is 0 Å². The Morgan fingerprint density at radius 3 is 2.76 bits per heavy atom. The average Bonchev–Trinajstić information content (AvgIpc) is 3.04. The zero-order valence-electron chi connectivity index (χ0n) is 12.8. The molecule has 0 saturated heterocycles. The molecule has 0 unspecified atom stereocenters. The minimum Gasteiger partial charge on any atom is -0.726 e. The average molecular weight is 370 g/mol. The Balaban J connectivity index is 2.16. The van der Waals surface area contributed by atoms with Gasteiger partial charge in [0, 0.05) is 19.7 Å². The van der Waals surface area contributed by atoms with E-state index in [-0.39, 0.29) is 29.6 Å². The molecule has 0 fully saturated rings. The Morgan fingerprint density at radius 1 is 1.40 bits per heavy atom. The molecule has 0 radical (unpaired) electrons. The SMILES string of the molecule is CN(CCOS(=O)(=O)[O-])c1ccc(N=Nc2ncn[nH]2)cc1[N+](=O)[O-]. The molecule has 0 aliphatic heterocycles. The summed E-state index contributed by atoms with van der Waals surface area (Å²) in [6.07, 6.45) is 1.24. The molecule has 134 valence electrons. The van der Waals surface area contributed by atoms with E-state index in [1.807, 2.05) is 0 Å². The summed E-state index contributed by atoms with van der Waals surface area (Å²) in [4.78, 5) is 15.7. The molecule has 1 heterocycles. The van der Waals surface area contributed by atoms with Gasteiger partial charge in [-0.3, -0.25) is 14.3 Å². The number of nitro groups is 1. The molecule has 1 N–H and O–H groups in total. The normalized spacial score (nSPS) is 11.8. The van der Waals surface area contributed by atoms with Crippen LogP contribution in [0.3, 0.4) is 0 Å². The number of nitrogens with one attached hydrogen (secondary N) is 1. The molecule has 2 aromatic rings. The molecular weight excluding hydrogens is 358 g/mol. The van der Waals surface area contributed by atoms with Gasteiger partial charge in [-0.25, -0.2) is 13.5 Å². The maximum Gasteiger partial charge on any atom is 0.294 e. The number of azo groups is 1. The van der Waals surface area contributed by atoms with E-state index in [0.717, 1.165) is 0 Å². The van der Waals surface area contributed by atoms with Crippen molar-refractivity contribution in [1.29, 1.82) is 0 Å². The van der Waals surface area contributed by atoms with Crippen LogP contribution in [-0.2, 0) is 14.6 Å². The molecule has 0 saturated carbocycles. The lowest BCUT2D eigenvalue weighted by atomic mass is 10.2. The smallest absolute Gasteiger partial charge is 0.294 e. The van der Waals surface area contributed by atoms with Crippen molar-refractivity contribution >= 4 is 33.4 Å². The Bertz CT molecular complexity index is 867. The zero-order valence-corrected chi connectivity index (χ0v) is 13.6. The quantitative estimate of drug-likeness (QED) is 0.233. The number of nitrogens with zero attached hydrogens (tertiary/aromatic N) is 6. The molecule has 2 rings (SSSR count). The van der Waals surface area contributed by atoms with Crippen LogP contribution in [0.15, 0.2) is 34.8 Å². The number of aromatic nitrogens is 3. The molecule has 0 spiro atoms. The van der Waals surface area contributed by atoms with E-state index in [1.54, 1.807) is 0 Å². The van der Waals surface area contributed by atoms with Crippen molar-refractivity contribution in [2.45, 2.75) is 0 Å². The highest BCUT2D eigenvalue weighted by atomic mass is 32.3. The molecule has 0 aliphatic carbocycles. The van der Waals surface area contributed by atoms with Crippen LogP contribution in [0.25, 0.3) is 0 Å². The van der Waals surface area contributed by atoms with E-state index in [2.05, 4.69) is 29.6 Å². The third-order valence-electron chi connectivity index (χ3n) is 2.88. The minimum atomic E-state index is -4.82. The van der Waals surface area contributed by atoms with E-state index in [4.69, 9.17) is 0 Å². The number of likely N-dealkylation sites (N-methyl/N-ethyl adjacent to an activating group) is 1. The highest BCUT2D eigenvalue weighted by Crippen LogP contribution is 2.32. The molecule has 0 atom stereocenters. The van der Waals surface area contributed by atoms with Crippen molar-refractivity contribution in [3.8, 4) is 0 Å². The molecule has 0 bridgehead atoms. The van der Waals surface area contributed by atoms with E-state index in [1.165, 1.54) is 36.5 Å². The van der Waals surface area contributed by atoms with Gasteiger partial charge in [0.2, 0.25) is 10.4 Å². The second-order valence-corrected chi connectivity index (χ2v) is 5.64. The van der Waals surface area contributed by atoms with Crippen molar-refractivity contribution < 1.29 is 22.1 Å². The van der Waals surface area contributed by atoms with Gasteiger partial charge in [0.05, 0.1) is 17.2 Å². The minimum absolute atomic E-state index is 0.0543. The first kappa shape index (κ1) is 18.4. The number of anilines is 1. The lowest BCUT2D eigenvalue weighted by molar-refractivity contribution is -0.384. The highest BCUT2D eigenvalue weighted by molar-refractivity contribution is 7.80. The Hall–Kier alpha value is -2.97. The molecule has 25 heavy (non-hydrogen) atoms. The largest absolute Gasteiger partial charge is 0.726 e.